The van der Waals surface area contributed by atoms with Crippen LogP contribution in [0.15, 0.2) is 30.4 Å². The number of hydrogen-bond donors (Lipinski definition) is 3. The van der Waals surface area contributed by atoms with Crippen molar-refractivity contribution >= 4 is 29.6 Å². The predicted molar refractivity (Wildman–Crippen MR) is 115 cm³/mol. The van der Waals surface area contributed by atoms with E-state index in [0.717, 1.165) is 44.0 Å². The molecule has 1 spiro atoms. The number of rotatable bonds is 4. The van der Waals surface area contributed by atoms with Gasteiger partial charge in [-0.25, -0.2) is 9.59 Å². The number of nitrogens with one attached hydrogen (secondary N) is 1. The van der Waals surface area contributed by atoms with Crippen molar-refractivity contribution in [3.05, 3.63) is 35.9 Å². The number of ether oxygens (including phenoxy) is 2. The Labute approximate surface area is 184 Å². The van der Waals surface area contributed by atoms with Gasteiger partial charge in [0.15, 0.2) is 11.5 Å². The monoisotopic (exact) mass is 450 g/mol. The van der Waals surface area contributed by atoms with Gasteiger partial charge in [-0.3, -0.25) is 9.69 Å². The molecule has 0 saturated carbocycles. The highest BCUT2D eigenvalue weighted by molar-refractivity contribution is 8.01. The van der Waals surface area contributed by atoms with Gasteiger partial charge < -0.3 is 25.0 Å². The molecule has 1 amide bonds. The molecule has 3 aliphatic heterocycles. The van der Waals surface area contributed by atoms with Crippen LogP contribution in [0.3, 0.4) is 0 Å². The van der Waals surface area contributed by atoms with E-state index < -0.39 is 11.9 Å². The summed E-state index contributed by atoms with van der Waals surface area (Å²) in [6.07, 6.45) is 3.20. The average Bonchev–Trinajstić information content (AvgIpc) is 3.09. The van der Waals surface area contributed by atoms with E-state index in [4.69, 9.17) is 19.7 Å². The van der Waals surface area contributed by atoms with E-state index in [-0.39, 0.29) is 16.9 Å². The maximum atomic E-state index is 11.5. The van der Waals surface area contributed by atoms with Crippen molar-refractivity contribution < 1.29 is 34.1 Å². The third-order valence-corrected chi connectivity index (χ3v) is 6.63. The molecule has 2 fully saturated rings. The molecule has 3 heterocycles. The molecule has 0 bridgehead atoms. The Morgan fingerprint density at radius 2 is 1.90 bits per heavy atom. The molecule has 1 unspecified atom stereocenters. The number of likely N-dealkylation sites (tertiary alicyclic amines) is 1. The summed E-state index contributed by atoms with van der Waals surface area (Å²) in [4.78, 5) is 33.0. The molecular formula is C21H26N2O7S. The van der Waals surface area contributed by atoms with Gasteiger partial charge in [-0.2, -0.15) is 0 Å². The van der Waals surface area contributed by atoms with Crippen LogP contribution in [0.2, 0.25) is 0 Å². The van der Waals surface area contributed by atoms with E-state index in [1.54, 1.807) is 11.8 Å². The zero-order chi connectivity index (χ0) is 22.4. The van der Waals surface area contributed by atoms with E-state index in [9.17, 15) is 14.4 Å². The lowest BCUT2D eigenvalue weighted by atomic mass is 10.0. The minimum atomic E-state index is -1.26. The summed E-state index contributed by atoms with van der Waals surface area (Å²) < 4.78 is 11.9. The first-order valence-corrected chi connectivity index (χ1v) is 10.9. The highest BCUT2D eigenvalue weighted by atomic mass is 32.2. The fourth-order valence-electron chi connectivity index (χ4n) is 3.64. The number of carbonyl (C=O) groups excluding carboxylic acids is 1. The molecule has 3 aliphatic rings. The Hall–Kier alpha value is -2.72. The van der Waals surface area contributed by atoms with Crippen molar-refractivity contribution in [1.29, 1.82) is 0 Å². The number of benzene rings is 1. The second-order valence-electron chi connectivity index (χ2n) is 7.64. The van der Waals surface area contributed by atoms with E-state index in [0.29, 0.717) is 24.5 Å². The molecule has 0 aliphatic carbocycles. The van der Waals surface area contributed by atoms with Crippen LogP contribution in [0.1, 0.15) is 18.4 Å². The van der Waals surface area contributed by atoms with Gasteiger partial charge in [-0.05, 0) is 37.5 Å². The number of hydrogen-bond acceptors (Lipinski definition) is 7. The minimum absolute atomic E-state index is 0.0123. The molecule has 9 nitrogen and oxygen atoms in total. The highest BCUT2D eigenvalue weighted by Gasteiger charge is 2.41. The number of nitrogens with zero attached hydrogens (tertiary/aromatic N) is 1. The van der Waals surface area contributed by atoms with Crippen molar-refractivity contribution in [3.63, 3.8) is 0 Å². The average molecular weight is 451 g/mol. The van der Waals surface area contributed by atoms with Crippen molar-refractivity contribution in [3.8, 4) is 11.5 Å². The van der Waals surface area contributed by atoms with Crippen LogP contribution in [0.5, 0.6) is 11.5 Å². The lowest BCUT2D eigenvalue weighted by molar-refractivity contribution is -0.134. The summed E-state index contributed by atoms with van der Waals surface area (Å²) in [6.45, 7) is 5.52. The van der Waals surface area contributed by atoms with Crippen LogP contribution in [-0.4, -0.2) is 75.9 Å². The molecule has 168 valence electrons. The summed E-state index contributed by atoms with van der Waals surface area (Å²) in [7, 11) is 0. The molecule has 1 aromatic carbocycles. The van der Waals surface area contributed by atoms with Gasteiger partial charge in [0.05, 0.1) is 10.6 Å². The number of carbonyl (C=O) groups is 3. The van der Waals surface area contributed by atoms with Gasteiger partial charge >= 0.3 is 11.9 Å². The predicted octanol–water partition coefficient (Wildman–Crippen LogP) is 1.50. The standard InChI is InChI=1S/C17H22N2O3S.C4H4O4/c1-12-2-3-14-15(8-12)21-10-13(22-14)9-19-6-4-17(5-7-19)18-16(20)11-23-17;5-3(6)1-2-4(7)8/h2-3,8,13H,4-7,9-11H2,1H3,(H,18,20);1-2H,(H,5,6)(H,7,8)/b;2-1+. The largest absolute Gasteiger partial charge is 0.486 e. The zero-order valence-electron chi connectivity index (χ0n) is 17.2. The molecule has 0 radical (unpaired) electrons. The van der Waals surface area contributed by atoms with E-state index in [1.807, 2.05) is 12.1 Å². The zero-order valence-corrected chi connectivity index (χ0v) is 18.0. The fraction of sp³-hybridized carbons (Fsp3) is 0.476. The smallest absolute Gasteiger partial charge is 0.328 e. The molecule has 4 rings (SSSR count). The Bertz CT molecular complexity index is 849. The van der Waals surface area contributed by atoms with Crippen molar-refractivity contribution in [2.45, 2.75) is 30.7 Å². The summed E-state index contributed by atoms with van der Waals surface area (Å²) >= 11 is 1.77. The van der Waals surface area contributed by atoms with Crippen molar-refractivity contribution in [2.24, 2.45) is 0 Å². The van der Waals surface area contributed by atoms with E-state index in [1.165, 1.54) is 5.56 Å². The lowest BCUT2D eigenvalue weighted by Crippen LogP contribution is -2.52. The van der Waals surface area contributed by atoms with Gasteiger partial charge in [0.2, 0.25) is 5.91 Å². The van der Waals surface area contributed by atoms with Crippen LogP contribution in [0.25, 0.3) is 0 Å². The number of carboxylic acid groups (broad SMARTS) is 2. The van der Waals surface area contributed by atoms with Crippen LogP contribution in [-0.2, 0) is 14.4 Å². The summed E-state index contributed by atoms with van der Waals surface area (Å²) in [5, 5.41) is 18.8. The fourth-order valence-corrected chi connectivity index (χ4v) is 4.78. The molecule has 1 aromatic rings. The first-order valence-electron chi connectivity index (χ1n) is 9.96. The summed E-state index contributed by atoms with van der Waals surface area (Å²) in [5.74, 6) is -0.0301. The number of amides is 1. The maximum Gasteiger partial charge on any atom is 0.328 e. The van der Waals surface area contributed by atoms with E-state index in [2.05, 4.69) is 23.2 Å². The van der Waals surface area contributed by atoms with Crippen molar-refractivity contribution in [1.82, 2.24) is 10.2 Å². The van der Waals surface area contributed by atoms with Crippen LogP contribution >= 0.6 is 11.8 Å². The quantitative estimate of drug-likeness (QED) is 0.585. The molecular weight excluding hydrogens is 424 g/mol. The van der Waals surface area contributed by atoms with E-state index >= 15 is 0 Å². The summed E-state index contributed by atoms with van der Waals surface area (Å²) in [5.41, 5.74) is 1.18. The van der Waals surface area contributed by atoms with Crippen LogP contribution in [0, 0.1) is 6.92 Å². The molecule has 10 heteroatoms. The van der Waals surface area contributed by atoms with Gasteiger partial charge in [-0.15, -0.1) is 11.8 Å². The maximum absolute atomic E-state index is 11.5. The Balaban J connectivity index is 0.000000293. The van der Waals surface area contributed by atoms with Gasteiger partial charge in [-0.1, -0.05) is 6.07 Å². The van der Waals surface area contributed by atoms with Crippen LogP contribution in [0.4, 0.5) is 0 Å². The number of aryl methyl sites for hydroxylation is 1. The van der Waals surface area contributed by atoms with Crippen LogP contribution < -0.4 is 14.8 Å². The SMILES string of the molecule is Cc1ccc2c(c1)OCC(CN1CCC3(CC1)NC(=O)CS3)O2.O=C(O)/C=C/C(=O)O. The number of piperidine rings is 1. The third kappa shape index (κ3) is 6.63. The highest BCUT2D eigenvalue weighted by Crippen LogP contribution is 2.38. The first-order chi connectivity index (χ1) is 14.7. The molecule has 2 saturated heterocycles. The van der Waals surface area contributed by atoms with Gasteiger partial charge in [0.25, 0.3) is 0 Å². The minimum Gasteiger partial charge on any atom is -0.486 e. The van der Waals surface area contributed by atoms with Gasteiger partial charge in [0, 0.05) is 31.8 Å². The molecule has 0 aromatic heterocycles. The first kappa shape index (κ1) is 23.0. The normalized spacial score (nSPS) is 22.0. The second-order valence-corrected chi connectivity index (χ2v) is 9.00. The number of carboxylic acids is 2. The number of aliphatic carboxylic acids is 2. The van der Waals surface area contributed by atoms with Crippen molar-refractivity contribution in [2.75, 3.05) is 32.0 Å². The molecule has 3 N–H and O–H groups in total. The third-order valence-electron chi connectivity index (χ3n) is 5.16. The number of thioether (sulfide) groups is 1. The lowest BCUT2D eigenvalue weighted by Gasteiger charge is -2.40. The Kier molecular flexibility index (Phi) is 7.45. The Morgan fingerprint density at radius 3 is 2.48 bits per heavy atom. The molecule has 1 atom stereocenters. The van der Waals surface area contributed by atoms with Gasteiger partial charge in [0.1, 0.15) is 12.7 Å². The topological polar surface area (TPSA) is 125 Å². The summed E-state index contributed by atoms with van der Waals surface area (Å²) in [6, 6.07) is 6.07. The number of fused-ring (bicyclic) bond motifs is 1. The molecule has 31 heavy (non-hydrogen) atoms. The second kappa shape index (κ2) is 10.1. The Morgan fingerprint density at radius 1 is 1.23 bits per heavy atom.